The van der Waals surface area contributed by atoms with Crippen LogP contribution in [0.1, 0.15) is 10.4 Å². The monoisotopic (exact) mass is 430 g/mol. The molecule has 4 rings (SSSR count). The van der Waals surface area contributed by atoms with Crippen LogP contribution >= 0.6 is 0 Å². The molecule has 0 aliphatic rings. The Hall–Kier alpha value is -3.84. The van der Waals surface area contributed by atoms with E-state index in [2.05, 4.69) is 5.32 Å². The Morgan fingerprint density at radius 2 is 1.88 bits per heavy atom. The number of rotatable bonds is 7. The van der Waals surface area contributed by atoms with Crippen LogP contribution in [0.5, 0.6) is 11.5 Å². The number of carbonyl (C=O) groups excluding carboxylic acids is 1. The number of amides is 1. The third-order valence-electron chi connectivity index (χ3n) is 5.25. The van der Waals surface area contributed by atoms with Crippen LogP contribution in [-0.2, 0) is 0 Å². The first kappa shape index (κ1) is 21.4. The molecule has 0 aliphatic heterocycles. The molecule has 7 heteroatoms. The van der Waals surface area contributed by atoms with E-state index < -0.39 is 0 Å². The number of carbonyl (C=O) groups is 1. The van der Waals surface area contributed by atoms with Gasteiger partial charge in [-0.15, -0.1) is 0 Å². The van der Waals surface area contributed by atoms with Crippen molar-refractivity contribution in [2.45, 2.75) is 0 Å². The van der Waals surface area contributed by atoms with Crippen LogP contribution in [0.3, 0.4) is 0 Å². The molecule has 0 saturated carbocycles. The minimum Gasteiger partial charge on any atom is -0.504 e. The summed E-state index contributed by atoms with van der Waals surface area (Å²) in [6.45, 7) is 1.37. The van der Waals surface area contributed by atoms with Crippen molar-refractivity contribution in [3.8, 4) is 34.0 Å². The number of nitrogens with zero attached hydrogens (tertiary/aromatic N) is 3. The second-order valence-electron chi connectivity index (χ2n) is 7.80. The lowest BCUT2D eigenvalue weighted by atomic mass is 10.1. The molecule has 0 spiro atoms. The minimum atomic E-state index is -0.0978. The van der Waals surface area contributed by atoms with Crippen LogP contribution in [-0.4, -0.2) is 59.8 Å². The average Bonchev–Trinajstić information content (AvgIpc) is 3.22. The molecule has 1 amide bonds. The van der Waals surface area contributed by atoms with Gasteiger partial charge in [-0.2, -0.15) is 5.10 Å². The molecule has 7 nitrogen and oxygen atoms in total. The number of nitrogens with one attached hydrogen (secondary N) is 1. The number of phenols is 1. The Labute approximate surface area is 186 Å². The predicted octanol–water partition coefficient (Wildman–Crippen LogP) is 3.67. The molecule has 4 aromatic rings. The lowest BCUT2D eigenvalue weighted by Gasteiger charge is -2.11. The van der Waals surface area contributed by atoms with Crippen molar-refractivity contribution in [1.82, 2.24) is 19.8 Å². The zero-order valence-corrected chi connectivity index (χ0v) is 18.4. The fourth-order valence-corrected chi connectivity index (χ4v) is 3.51. The van der Waals surface area contributed by atoms with Crippen molar-refractivity contribution >= 4 is 11.4 Å². The second kappa shape index (κ2) is 9.11. The summed E-state index contributed by atoms with van der Waals surface area (Å²) in [4.78, 5) is 14.6. The largest absolute Gasteiger partial charge is 0.504 e. The Kier molecular flexibility index (Phi) is 6.09. The highest BCUT2D eigenvalue weighted by atomic mass is 16.5. The van der Waals surface area contributed by atoms with E-state index in [1.807, 2.05) is 72.0 Å². The summed E-state index contributed by atoms with van der Waals surface area (Å²) in [5, 5.41) is 17.6. The number of phenolic OH excluding ortho intramolecular Hbond substituents is 1. The van der Waals surface area contributed by atoms with Crippen molar-refractivity contribution in [3.05, 3.63) is 72.3 Å². The third kappa shape index (κ3) is 4.43. The summed E-state index contributed by atoms with van der Waals surface area (Å²) in [6, 6.07) is 20.6. The zero-order chi connectivity index (χ0) is 22.7. The molecule has 164 valence electrons. The van der Waals surface area contributed by atoms with Gasteiger partial charge in [0, 0.05) is 29.8 Å². The van der Waals surface area contributed by atoms with E-state index in [1.54, 1.807) is 18.2 Å². The van der Waals surface area contributed by atoms with Gasteiger partial charge in [-0.25, -0.2) is 4.52 Å². The molecule has 2 N–H and O–H groups in total. The van der Waals surface area contributed by atoms with Crippen molar-refractivity contribution in [2.75, 3.05) is 34.3 Å². The summed E-state index contributed by atoms with van der Waals surface area (Å²) >= 11 is 0. The van der Waals surface area contributed by atoms with Crippen molar-refractivity contribution < 1.29 is 14.6 Å². The summed E-state index contributed by atoms with van der Waals surface area (Å²) < 4.78 is 7.08. The van der Waals surface area contributed by atoms with Gasteiger partial charge in [-0.1, -0.05) is 12.1 Å². The second-order valence-corrected chi connectivity index (χ2v) is 7.80. The Bertz CT molecular complexity index is 1260. The quantitative estimate of drug-likeness (QED) is 0.468. The van der Waals surface area contributed by atoms with Crippen LogP contribution < -0.4 is 10.1 Å². The normalized spacial score (nSPS) is 11.1. The van der Waals surface area contributed by atoms with E-state index in [0.29, 0.717) is 17.9 Å². The van der Waals surface area contributed by atoms with E-state index in [4.69, 9.17) is 9.84 Å². The van der Waals surface area contributed by atoms with E-state index in [-0.39, 0.29) is 11.7 Å². The molecule has 0 fully saturated rings. The number of benzene rings is 2. The van der Waals surface area contributed by atoms with Crippen molar-refractivity contribution in [3.63, 3.8) is 0 Å². The van der Waals surface area contributed by atoms with Crippen LogP contribution in [0, 0.1) is 0 Å². The van der Waals surface area contributed by atoms with Crippen LogP contribution in [0.2, 0.25) is 0 Å². The van der Waals surface area contributed by atoms with Crippen LogP contribution in [0.15, 0.2) is 66.7 Å². The number of hydrogen-bond donors (Lipinski definition) is 2. The van der Waals surface area contributed by atoms with Crippen molar-refractivity contribution in [2.24, 2.45) is 0 Å². The topological polar surface area (TPSA) is 79.1 Å². The van der Waals surface area contributed by atoms with Gasteiger partial charge in [0.15, 0.2) is 11.5 Å². The highest BCUT2D eigenvalue weighted by Crippen LogP contribution is 2.31. The van der Waals surface area contributed by atoms with Gasteiger partial charge < -0.3 is 20.1 Å². The number of likely N-dealkylation sites (N-methyl/N-ethyl adjacent to an activating group) is 1. The molecule has 0 aliphatic carbocycles. The van der Waals surface area contributed by atoms with Gasteiger partial charge in [0.1, 0.15) is 0 Å². The molecule has 0 bridgehead atoms. The van der Waals surface area contributed by atoms with E-state index in [1.165, 1.54) is 7.11 Å². The SMILES string of the molecule is COc1cc(-c2ccc3ccc(-c4cccc(C(=O)NCCN(C)C)c4)n3n2)ccc1O. The summed E-state index contributed by atoms with van der Waals surface area (Å²) in [7, 11) is 5.46. The zero-order valence-electron chi connectivity index (χ0n) is 18.4. The number of ether oxygens (including phenoxy) is 1. The third-order valence-corrected chi connectivity index (χ3v) is 5.25. The average molecular weight is 431 g/mol. The van der Waals surface area contributed by atoms with Gasteiger partial charge in [-0.3, -0.25) is 4.79 Å². The van der Waals surface area contributed by atoms with Gasteiger partial charge in [0.25, 0.3) is 5.91 Å². The maximum atomic E-state index is 12.6. The smallest absolute Gasteiger partial charge is 0.251 e. The Morgan fingerprint density at radius 3 is 2.66 bits per heavy atom. The molecule has 2 aromatic heterocycles. The van der Waals surface area contributed by atoms with Crippen LogP contribution in [0.4, 0.5) is 0 Å². The first-order valence-electron chi connectivity index (χ1n) is 10.4. The van der Waals surface area contributed by atoms with E-state index >= 15 is 0 Å². The van der Waals surface area contributed by atoms with Crippen LogP contribution in [0.25, 0.3) is 28.0 Å². The lowest BCUT2D eigenvalue weighted by Crippen LogP contribution is -2.31. The Morgan fingerprint density at radius 1 is 1.06 bits per heavy atom. The van der Waals surface area contributed by atoms with Gasteiger partial charge in [0.2, 0.25) is 0 Å². The molecule has 2 heterocycles. The molecule has 0 radical (unpaired) electrons. The van der Waals surface area contributed by atoms with E-state index in [9.17, 15) is 9.90 Å². The van der Waals surface area contributed by atoms with Gasteiger partial charge in [-0.05, 0) is 68.7 Å². The first-order chi connectivity index (χ1) is 15.5. The molecule has 0 unspecified atom stereocenters. The first-order valence-corrected chi connectivity index (χ1v) is 10.4. The molecule has 0 atom stereocenters. The molecule has 0 saturated heterocycles. The molecule has 2 aromatic carbocycles. The van der Waals surface area contributed by atoms with Gasteiger partial charge in [0.05, 0.1) is 24.0 Å². The van der Waals surface area contributed by atoms with Crippen molar-refractivity contribution in [1.29, 1.82) is 0 Å². The molecular weight excluding hydrogens is 404 g/mol. The maximum absolute atomic E-state index is 12.6. The highest BCUT2D eigenvalue weighted by molar-refractivity contribution is 5.95. The fourth-order valence-electron chi connectivity index (χ4n) is 3.51. The number of aromatic hydroxyl groups is 1. The summed E-state index contributed by atoms with van der Waals surface area (Å²) in [5.74, 6) is 0.379. The fraction of sp³-hybridized carbons (Fsp3) is 0.200. The number of methoxy groups -OCH3 is 1. The van der Waals surface area contributed by atoms with Gasteiger partial charge >= 0.3 is 0 Å². The summed E-state index contributed by atoms with van der Waals surface area (Å²) in [5.41, 5.74) is 4.90. The maximum Gasteiger partial charge on any atom is 0.251 e. The molecular formula is C25H26N4O3. The number of hydrogen-bond acceptors (Lipinski definition) is 5. The minimum absolute atomic E-state index is 0.0830. The number of fused-ring (bicyclic) bond motifs is 1. The Balaban J connectivity index is 1.67. The lowest BCUT2D eigenvalue weighted by molar-refractivity contribution is 0.0951. The van der Waals surface area contributed by atoms with E-state index in [0.717, 1.165) is 34.6 Å². The molecule has 32 heavy (non-hydrogen) atoms. The predicted molar refractivity (Wildman–Crippen MR) is 125 cm³/mol. The summed E-state index contributed by atoms with van der Waals surface area (Å²) in [6.07, 6.45) is 0. The standard InChI is InChI=1S/C25H26N4O3/c1-28(2)14-13-26-25(31)19-6-4-5-18(15-19)22-11-9-20-8-10-21(27-29(20)22)17-7-12-23(30)24(16-17)32-3/h4-12,15-16,30H,13-14H2,1-3H3,(H,26,31). The number of aromatic nitrogens is 2. The highest BCUT2D eigenvalue weighted by Gasteiger charge is 2.12.